The minimum atomic E-state index is -1.02. The number of pyridine rings is 1. The molecule has 0 saturated heterocycles. The predicted molar refractivity (Wildman–Crippen MR) is 91.9 cm³/mol. The maximum atomic E-state index is 12.4. The number of fused-ring (bicyclic) bond motifs is 1. The highest BCUT2D eigenvalue weighted by atomic mass is 16.6. The Labute approximate surface area is 144 Å². The molecule has 132 valence electrons. The number of aliphatic hydroxyl groups is 1. The molecule has 2 aromatic rings. The van der Waals surface area contributed by atoms with Gasteiger partial charge in [-0.25, -0.2) is 0 Å². The fraction of sp³-hybridized carbons (Fsp3) is 0.389. The number of benzene rings is 1. The summed E-state index contributed by atoms with van der Waals surface area (Å²) in [5.74, 6) is 0.459. The molecule has 0 fully saturated rings. The Morgan fingerprint density at radius 2 is 2.00 bits per heavy atom. The summed E-state index contributed by atoms with van der Waals surface area (Å²) >= 11 is 0. The van der Waals surface area contributed by atoms with Crippen molar-refractivity contribution in [3.05, 3.63) is 68.6 Å². The molecule has 0 bridgehead atoms. The molecule has 7 nitrogen and oxygen atoms in total. The van der Waals surface area contributed by atoms with Gasteiger partial charge in [-0.1, -0.05) is 19.9 Å². The molecule has 1 aliphatic heterocycles. The minimum Gasteiger partial charge on any atom is -0.484 e. The first-order chi connectivity index (χ1) is 11.9. The SMILES string of the molecule is CCC1(CC)Oc2ccc([N+](=O)[O-])cc2C(n2ccccc2=O)C1O. The Balaban J connectivity index is 2.27. The number of aromatic nitrogens is 1. The van der Waals surface area contributed by atoms with Gasteiger partial charge in [0, 0.05) is 30.0 Å². The summed E-state index contributed by atoms with van der Waals surface area (Å²) in [5.41, 5.74) is -0.813. The van der Waals surface area contributed by atoms with E-state index in [0.29, 0.717) is 24.2 Å². The average molecular weight is 344 g/mol. The van der Waals surface area contributed by atoms with Crippen LogP contribution >= 0.6 is 0 Å². The third kappa shape index (κ3) is 2.70. The van der Waals surface area contributed by atoms with Gasteiger partial charge in [-0.15, -0.1) is 0 Å². The second kappa shape index (κ2) is 6.33. The van der Waals surface area contributed by atoms with Gasteiger partial charge < -0.3 is 14.4 Å². The summed E-state index contributed by atoms with van der Waals surface area (Å²) in [6, 6.07) is 8.25. The maximum absolute atomic E-state index is 12.4. The van der Waals surface area contributed by atoms with Crippen LogP contribution in [0.5, 0.6) is 5.75 Å². The number of rotatable bonds is 4. The maximum Gasteiger partial charge on any atom is 0.270 e. The number of nitrogens with zero attached hydrogens (tertiary/aromatic N) is 2. The lowest BCUT2D eigenvalue weighted by molar-refractivity contribution is -0.385. The second-order valence-electron chi connectivity index (χ2n) is 6.19. The standard InChI is InChI=1S/C18H20N2O5/c1-3-18(4-2)17(22)16(19-10-6-5-7-15(19)21)13-11-12(20(23)24)8-9-14(13)25-18/h5-11,16-17,22H,3-4H2,1-2H3. The van der Waals surface area contributed by atoms with E-state index in [-0.39, 0.29) is 11.2 Å². The Kier molecular flexibility index (Phi) is 4.34. The minimum absolute atomic E-state index is 0.107. The van der Waals surface area contributed by atoms with Crippen LogP contribution in [0.3, 0.4) is 0 Å². The molecule has 1 aromatic carbocycles. The van der Waals surface area contributed by atoms with E-state index in [9.17, 15) is 20.0 Å². The first-order valence-corrected chi connectivity index (χ1v) is 8.26. The fourth-order valence-corrected chi connectivity index (χ4v) is 3.49. The smallest absolute Gasteiger partial charge is 0.270 e. The van der Waals surface area contributed by atoms with E-state index in [1.165, 1.54) is 22.8 Å². The van der Waals surface area contributed by atoms with E-state index in [1.54, 1.807) is 24.4 Å². The summed E-state index contributed by atoms with van der Waals surface area (Å²) in [7, 11) is 0. The second-order valence-corrected chi connectivity index (χ2v) is 6.19. The molecule has 25 heavy (non-hydrogen) atoms. The van der Waals surface area contributed by atoms with E-state index in [4.69, 9.17) is 4.74 Å². The van der Waals surface area contributed by atoms with Crippen molar-refractivity contribution in [3.63, 3.8) is 0 Å². The van der Waals surface area contributed by atoms with E-state index >= 15 is 0 Å². The van der Waals surface area contributed by atoms with Gasteiger partial charge in [0.25, 0.3) is 11.2 Å². The molecule has 2 atom stereocenters. The Morgan fingerprint density at radius 1 is 1.28 bits per heavy atom. The van der Waals surface area contributed by atoms with Crippen molar-refractivity contribution in [2.75, 3.05) is 0 Å². The van der Waals surface area contributed by atoms with Gasteiger partial charge in [0.05, 0.1) is 11.0 Å². The third-order valence-electron chi connectivity index (χ3n) is 5.02. The molecule has 1 aromatic heterocycles. The monoisotopic (exact) mass is 344 g/mol. The topological polar surface area (TPSA) is 94.6 Å². The van der Waals surface area contributed by atoms with E-state index in [2.05, 4.69) is 0 Å². The lowest BCUT2D eigenvalue weighted by Crippen LogP contribution is -2.55. The highest BCUT2D eigenvalue weighted by Crippen LogP contribution is 2.45. The van der Waals surface area contributed by atoms with Gasteiger partial charge >= 0.3 is 0 Å². The van der Waals surface area contributed by atoms with Crippen LogP contribution in [0.2, 0.25) is 0 Å². The van der Waals surface area contributed by atoms with Crippen molar-refractivity contribution >= 4 is 5.69 Å². The average Bonchev–Trinajstić information content (AvgIpc) is 2.62. The largest absolute Gasteiger partial charge is 0.484 e. The van der Waals surface area contributed by atoms with Gasteiger partial charge in [-0.3, -0.25) is 14.9 Å². The lowest BCUT2D eigenvalue weighted by atomic mass is 9.80. The van der Waals surface area contributed by atoms with Crippen LogP contribution in [0.4, 0.5) is 5.69 Å². The van der Waals surface area contributed by atoms with Crippen molar-refractivity contribution in [2.45, 2.75) is 44.4 Å². The molecule has 1 aliphatic rings. The van der Waals surface area contributed by atoms with Gasteiger partial charge in [-0.2, -0.15) is 0 Å². The first kappa shape index (κ1) is 17.2. The molecule has 0 aliphatic carbocycles. The van der Waals surface area contributed by atoms with Crippen molar-refractivity contribution in [1.82, 2.24) is 4.57 Å². The van der Waals surface area contributed by atoms with Crippen LogP contribution in [0.1, 0.15) is 38.3 Å². The molecular formula is C18H20N2O5. The zero-order chi connectivity index (χ0) is 18.2. The lowest BCUT2D eigenvalue weighted by Gasteiger charge is -2.45. The molecule has 1 N–H and O–H groups in total. The predicted octanol–water partition coefficient (Wildman–Crippen LogP) is 2.66. The molecule has 2 heterocycles. The zero-order valence-corrected chi connectivity index (χ0v) is 14.1. The molecule has 0 radical (unpaired) electrons. The number of hydrogen-bond donors (Lipinski definition) is 1. The molecule has 2 unspecified atom stereocenters. The molecule has 0 saturated carbocycles. The third-order valence-corrected chi connectivity index (χ3v) is 5.02. The zero-order valence-electron chi connectivity index (χ0n) is 14.1. The number of ether oxygens (including phenoxy) is 1. The van der Waals surface area contributed by atoms with Gasteiger partial charge in [0.2, 0.25) is 0 Å². The van der Waals surface area contributed by atoms with Crippen molar-refractivity contribution in [3.8, 4) is 5.75 Å². The Hall–Kier alpha value is -2.67. The fourth-order valence-electron chi connectivity index (χ4n) is 3.49. The van der Waals surface area contributed by atoms with Crippen molar-refractivity contribution < 1.29 is 14.8 Å². The number of nitro benzene ring substituents is 1. The normalized spacial score (nSPS) is 21.2. The van der Waals surface area contributed by atoms with Crippen LogP contribution in [0, 0.1) is 10.1 Å². The number of aliphatic hydroxyl groups excluding tert-OH is 1. The molecular weight excluding hydrogens is 324 g/mol. The summed E-state index contributed by atoms with van der Waals surface area (Å²) in [5, 5.41) is 22.2. The van der Waals surface area contributed by atoms with Gasteiger partial charge in [-0.05, 0) is 25.0 Å². The summed E-state index contributed by atoms with van der Waals surface area (Å²) in [6.45, 7) is 3.82. The summed E-state index contributed by atoms with van der Waals surface area (Å²) in [6.07, 6.45) is 1.65. The van der Waals surface area contributed by atoms with Crippen molar-refractivity contribution in [1.29, 1.82) is 0 Å². The van der Waals surface area contributed by atoms with Crippen LogP contribution in [0.25, 0.3) is 0 Å². The number of nitro groups is 1. The number of hydrogen-bond acceptors (Lipinski definition) is 5. The van der Waals surface area contributed by atoms with Crippen LogP contribution in [-0.4, -0.2) is 26.3 Å². The Bertz CT molecular complexity index is 857. The van der Waals surface area contributed by atoms with Crippen LogP contribution in [0.15, 0.2) is 47.4 Å². The van der Waals surface area contributed by atoms with Crippen LogP contribution < -0.4 is 10.3 Å². The molecule has 7 heteroatoms. The highest BCUT2D eigenvalue weighted by molar-refractivity contribution is 5.48. The van der Waals surface area contributed by atoms with E-state index in [1.807, 2.05) is 13.8 Å². The molecule has 3 rings (SSSR count). The molecule has 0 spiro atoms. The summed E-state index contributed by atoms with van der Waals surface area (Å²) < 4.78 is 7.48. The molecule has 0 amide bonds. The van der Waals surface area contributed by atoms with Gasteiger partial charge in [0.1, 0.15) is 17.5 Å². The van der Waals surface area contributed by atoms with Crippen LogP contribution in [-0.2, 0) is 0 Å². The van der Waals surface area contributed by atoms with E-state index in [0.717, 1.165) is 0 Å². The Morgan fingerprint density at radius 3 is 2.60 bits per heavy atom. The van der Waals surface area contributed by atoms with E-state index < -0.39 is 22.7 Å². The highest BCUT2D eigenvalue weighted by Gasteiger charge is 2.48. The van der Waals surface area contributed by atoms with Gasteiger partial charge in [0.15, 0.2) is 0 Å². The summed E-state index contributed by atoms with van der Waals surface area (Å²) in [4.78, 5) is 23.0. The van der Waals surface area contributed by atoms with Crippen molar-refractivity contribution in [2.24, 2.45) is 0 Å². The first-order valence-electron chi connectivity index (χ1n) is 8.26. The number of non-ortho nitro benzene ring substituents is 1. The quantitative estimate of drug-likeness (QED) is 0.680.